The molecule has 0 aliphatic heterocycles. The molecular formula is C10H23NSi. The van der Waals surface area contributed by atoms with Crippen LogP contribution in [0.15, 0.2) is 11.8 Å². The van der Waals surface area contributed by atoms with E-state index >= 15 is 0 Å². The molecule has 2 heteroatoms. The van der Waals surface area contributed by atoms with Gasteiger partial charge < -0.3 is 4.90 Å². The van der Waals surface area contributed by atoms with Gasteiger partial charge in [-0.05, 0) is 39.9 Å². The molecule has 0 radical (unpaired) electrons. The highest BCUT2D eigenvalue weighted by Gasteiger charge is 2.10. The Morgan fingerprint density at radius 3 is 2.25 bits per heavy atom. The molecule has 0 bridgehead atoms. The van der Waals surface area contributed by atoms with Crippen LogP contribution in [0, 0.1) is 0 Å². The molecule has 0 aromatic rings. The van der Waals surface area contributed by atoms with Gasteiger partial charge >= 0.3 is 0 Å². The first kappa shape index (κ1) is 11.9. The topological polar surface area (TPSA) is 3.24 Å². The Morgan fingerprint density at radius 1 is 1.42 bits per heavy atom. The van der Waals surface area contributed by atoms with Gasteiger partial charge in [0.2, 0.25) is 0 Å². The van der Waals surface area contributed by atoms with Crippen molar-refractivity contribution in [2.45, 2.75) is 38.8 Å². The van der Waals surface area contributed by atoms with Crippen molar-refractivity contribution in [1.29, 1.82) is 0 Å². The molecule has 1 nitrogen and oxygen atoms in total. The van der Waals surface area contributed by atoms with Gasteiger partial charge in [0.05, 0.1) is 9.52 Å². The summed E-state index contributed by atoms with van der Waals surface area (Å²) in [5.41, 5.74) is 0.903. The average Bonchev–Trinajstić information content (AvgIpc) is 1.84. The zero-order chi connectivity index (χ0) is 9.72. The molecule has 0 aromatic carbocycles. The van der Waals surface area contributed by atoms with E-state index in [4.69, 9.17) is 0 Å². The Bertz CT molecular complexity index is 143. The number of hydrogen-bond donors (Lipinski definition) is 0. The van der Waals surface area contributed by atoms with Gasteiger partial charge in [0.25, 0.3) is 0 Å². The fourth-order valence-corrected chi connectivity index (χ4v) is 3.31. The Morgan fingerprint density at radius 2 is 1.92 bits per heavy atom. The van der Waals surface area contributed by atoms with Crippen LogP contribution in [-0.2, 0) is 0 Å². The number of rotatable bonds is 5. The molecule has 0 amide bonds. The van der Waals surface area contributed by atoms with Gasteiger partial charge in [-0.1, -0.05) is 12.1 Å². The van der Waals surface area contributed by atoms with Gasteiger partial charge in [0, 0.05) is 6.04 Å². The molecule has 0 saturated heterocycles. The highest BCUT2D eigenvalue weighted by molar-refractivity contribution is 6.46. The molecular weight excluding hydrogens is 162 g/mol. The third kappa shape index (κ3) is 5.55. The van der Waals surface area contributed by atoms with Crippen molar-refractivity contribution in [2.24, 2.45) is 0 Å². The fourth-order valence-electron chi connectivity index (χ4n) is 1.47. The Labute approximate surface area is 79.7 Å². The molecule has 0 aliphatic rings. The number of hydrogen-bond acceptors (Lipinski definition) is 1. The highest BCUT2D eigenvalue weighted by atomic mass is 28.2. The first-order valence-electron chi connectivity index (χ1n) is 4.74. The molecule has 0 rings (SSSR count). The van der Waals surface area contributed by atoms with Crippen LogP contribution < -0.4 is 0 Å². The molecule has 0 aromatic heterocycles. The maximum absolute atomic E-state index is 4.00. The van der Waals surface area contributed by atoms with E-state index in [2.05, 4.69) is 46.3 Å². The van der Waals surface area contributed by atoms with Gasteiger partial charge in [0.1, 0.15) is 0 Å². The molecule has 12 heavy (non-hydrogen) atoms. The quantitative estimate of drug-likeness (QED) is 0.591. The second-order valence-corrected chi connectivity index (χ2v) is 7.32. The molecule has 0 spiro atoms. The van der Waals surface area contributed by atoms with E-state index in [0.29, 0.717) is 6.04 Å². The van der Waals surface area contributed by atoms with Crippen LogP contribution >= 0.6 is 0 Å². The monoisotopic (exact) mass is 185 g/mol. The predicted molar refractivity (Wildman–Crippen MR) is 60.5 cm³/mol. The lowest BCUT2D eigenvalue weighted by Crippen LogP contribution is -2.26. The van der Waals surface area contributed by atoms with Gasteiger partial charge in [-0.3, -0.25) is 0 Å². The van der Waals surface area contributed by atoms with Gasteiger partial charge in [-0.2, -0.15) is 0 Å². The van der Waals surface area contributed by atoms with Gasteiger partial charge in [0.15, 0.2) is 0 Å². The number of nitrogens with zero attached hydrogens (tertiary/aromatic N) is 1. The summed E-state index contributed by atoms with van der Waals surface area (Å²) in [6, 6.07) is 0.715. The summed E-state index contributed by atoms with van der Waals surface area (Å²) < 4.78 is 0. The third-order valence-corrected chi connectivity index (χ3v) is 4.05. The molecule has 0 fully saturated rings. The van der Waals surface area contributed by atoms with Crippen LogP contribution in [0.1, 0.15) is 27.2 Å². The SMILES string of the molecule is C=C(C)[SiH2]C(C)CC(C)N(C)C. The standard InChI is InChI=1S/C10H23NSi/c1-8(2)12-10(4)7-9(3)11(5)6/h9-10H,1,7,12H2,2-6H3. The molecule has 0 aliphatic carbocycles. The molecule has 0 saturated carbocycles. The second-order valence-electron chi connectivity index (χ2n) is 4.31. The van der Waals surface area contributed by atoms with Gasteiger partial charge in [-0.25, -0.2) is 0 Å². The summed E-state index contributed by atoms with van der Waals surface area (Å²) >= 11 is 0. The maximum Gasteiger partial charge on any atom is 0.0512 e. The minimum Gasteiger partial charge on any atom is -0.307 e. The van der Waals surface area contributed by atoms with E-state index in [1.165, 1.54) is 11.6 Å². The van der Waals surface area contributed by atoms with Crippen LogP contribution in [0.5, 0.6) is 0 Å². The fraction of sp³-hybridized carbons (Fsp3) is 0.800. The largest absolute Gasteiger partial charge is 0.307 e. The van der Waals surface area contributed by atoms with E-state index in [9.17, 15) is 0 Å². The molecule has 0 heterocycles. The molecule has 0 N–H and O–H groups in total. The minimum absolute atomic E-state index is 0.0254. The average molecular weight is 185 g/mol. The van der Waals surface area contributed by atoms with Crippen molar-refractivity contribution in [3.8, 4) is 0 Å². The first-order chi connectivity index (χ1) is 5.43. The Kier molecular flexibility index (Phi) is 5.50. The van der Waals surface area contributed by atoms with Crippen molar-refractivity contribution in [3.05, 3.63) is 11.8 Å². The lowest BCUT2D eigenvalue weighted by atomic mass is 10.2. The summed E-state index contributed by atoms with van der Waals surface area (Å²) in [5, 5.41) is 1.44. The molecule has 2 unspecified atom stereocenters. The minimum atomic E-state index is -0.0254. The Hall–Kier alpha value is -0.0831. The van der Waals surface area contributed by atoms with Crippen molar-refractivity contribution >= 4 is 9.52 Å². The smallest absolute Gasteiger partial charge is 0.0512 e. The summed E-state index contributed by atoms with van der Waals surface area (Å²) in [6.07, 6.45) is 1.33. The summed E-state index contributed by atoms with van der Waals surface area (Å²) in [7, 11) is 4.28. The van der Waals surface area contributed by atoms with E-state index in [1.54, 1.807) is 0 Å². The second kappa shape index (κ2) is 5.54. The van der Waals surface area contributed by atoms with Crippen molar-refractivity contribution in [1.82, 2.24) is 4.90 Å². The van der Waals surface area contributed by atoms with Crippen molar-refractivity contribution < 1.29 is 0 Å². The normalized spacial score (nSPS) is 17.2. The van der Waals surface area contributed by atoms with Crippen molar-refractivity contribution in [3.63, 3.8) is 0 Å². The number of allylic oxidation sites excluding steroid dienone is 1. The van der Waals surface area contributed by atoms with Crippen LogP contribution in [0.4, 0.5) is 0 Å². The van der Waals surface area contributed by atoms with Gasteiger partial charge in [-0.15, -0.1) is 6.58 Å². The first-order valence-corrected chi connectivity index (χ1v) is 6.26. The third-order valence-electron chi connectivity index (χ3n) is 2.32. The highest BCUT2D eigenvalue weighted by Crippen LogP contribution is 2.15. The predicted octanol–water partition coefficient (Wildman–Crippen LogP) is 1.84. The summed E-state index contributed by atoms with van der Waals surface area (Å²) in [5.74, 6) is 0. The van der Waals surface area contributed by atoms with E-state index in [-0.39, 0.29) is 9.52 Å². The van der Waals surface area contributed by atoms with E-state index in [1.807, 2.05) is 0 Å². The van der Waals surface area contributed by atoms with Crippen LogP contribution in [0.3, 0.4) is 0 Å². The van der Waals surface area contributed by atoms with E-state index < -0.39 is 0 Å². The van der Waals surface area contributed by atoms with Crippen LogP contribution in [0.25, 0.3) is 0 Å². The zero-order valence-electron chi connectivity index (χ0n) is 9.22. The lowest BCUT2D eigenvalue weighted by molar-refractivity contribution is 0.297. The zero-order valence-corrected chi connectivity index (χ0v) is 10.6. The summed E-state index contributed by atoms with van der Waals surface area (Å²) in [4.78, 5) is 2.29. The molecule has 72 valence electrons. The Balaban J connectivity index is 3.68. The van der Waals surface area contributed by atoms with Crippen molar-refractivity contribution in [2.75, 3.05) is 14.1 Å². The van der Waals surface area contributed by atoms with Crippen LogP contribution in [-0.4, -0.2) is 34.6 Å². The summed E-state index contributed by atoms with van der Waals surface area (Å²) in [6.45, 7) is 10.8. The molecule has 2 atom stereocenters. The van der Waals surface area contributed by atoms with E-state index in [0.717, 1.165) is 5.54 Å². The van der Waals surface area contributed by atoms with Crippen LogP contribution in [0.2, 0.25) is 5.54 Å². The maximum atomic E-state index is 4.00. The lowest BCUT2D eigenvalue weighted by Gasteiger charge is -2.23.